The molecule has 3 aromatic rings. The fourth-order valence-electron chi connectivity index (χ4n) is 3.67. The molecule has 1 aromatic carbocycles. The van der Waals surface area contributed by atoms with Crippen LogP contribution in [0.15, 0.2) is 29.5 Å². The Kier molecular flexibility index (Phi) is 8.01. The second-order valence-corrected chi connectivity index (χ2v) is 8.47. The number of aromatic nitrogens is 3. The van der Waals surface area contributed by atoms with E-state index in [1.54, 1.807) is 43.5 Å². The SMILES string of the molecule is COCCN1CCOc2cc(ccc2Cl)N=Cc2c(O)[nH]c3ncnc(c23)NCCN(C)C(=O)C1. The number of fused-ring (bicyclic) bond motifs is 2. The van der Waals surface area contributed by atoms with Gasteiger partial charge in [0.05, 0.1) is 34.8 Å². The molecule has 4 rings (SSSR count). The van der Waals surface area contributed by atoms with E-state index in [1.165, 1.54) is 6.33 Å². The van der Waals surface area contributed by atoms with Crippen LogP contribution >= 0.6 is 11.6 Å². The highest BCUT2D eigenvalue weighted by atomic mass is 35.5. The molecule has 1 aliphatic heterocycles. The topological polar surface area (TPSA) is 128 Å². The number of hydrogen-bond acceptors (Lipinski definition) is 9. The van der Waals surface area contributed by atoms with Crippen molar-refractivity contribution in [3.8, 4) is 11.6 Å². The van der Waals surface area contributed by atoms with Crippen LogP contribution in [0.1, 0.15) is 5.56 Å². The summed E-state index contributed by atoms with van der Waals surface area (Å²) in [5.74, 6) is 0.905. The summed E-state index contributed by atoms with van der Waals surface area (Å²) < 4.78 is 11.1. The number of hydrogen-bond donors (Lipinski definition) is 3. The van der Waals surface area contributed by atoms with E-state index in [0.717, 1.165) is 0 Å². The molecule has 2 bridgehead atoms. The summed E-state index contributed by atoms with van der Waals surface area (Å²) in [6.45, 7) is 3.09. The lowest BCUT2D eigenvalue weighted by molar-refractivity contribution is -0.131. The third-order valence-electron chi connectivity index (χ3n) is 5.67. The molecule has 0 fully saturated rings. The summed E-state index contributed by atoms with van der Waals surface area (Å²) in [4.78, 5) is 32.4. The predicted molar refractivity (Wildman–Crippen MR) is 134 cm³/mol. The molecule has 3 N–H and O–H groups in total. The van der Waals surface area contributed by atoms with Crippen molar-refractivity contribution >= 4 is 46.3 Å². The zero-order chi connectivity index (χ0) is 24.8. The number of methoxy groups -OCH3 is 1. The van der Waals surface area contributed by atoms with Crippen LogP contribution in [0.3, 0.4) is 0 Å². The number of anilines is 1. The van der Waals surface area contributed by atoms with Crippen LogP contribution in [0, 0.1) is 0 Å². The number of nitrogens with one attached hydrogen (secondary N) is 2. The summed E-state index contributed by atoms with van der Waals surface area (Å²) in [6, 6.07) is 5.18. The molecule has 0 saturated carbocycles. The number of H-pyrrole nitrogens is 1. The molecular weight excluding hydrogens is 474 g/mol. The summed E-state index contributed by atoms with van der Waals surface area (Å²) >= 11 is 6.33. The molecule has 35 heavy (non-hydrogen) atoms. The molecule has 3 heterocycles. The normalized spacial score (nSPS) is 16.0. The average molecular weight is 502 g/mol. The average Bonchev–Trinajstić information content (AvgIpc) is 3.17. The minimum absolute atomic E-state index is 0.0241. The number of aromatic amines is 1. The van der Waals surface area contributed by atoms with Gasteiger partial charge in [-0.1, -0.05) is 11.6 Å². The van der Waals surface area contributed by atoms with Crippen LogP contribution in [0.5, 0.6) is 11.6 Å². The minimum Gasteiger partial charge on any atom is -0.494 e. The quantitative estimate of drug-likeness (QED) is 0.498. The van der Waals surface area contributed by atoms with Crippen LogP contribution in [0.25, 0.3) is 11.0 Å². The van der Waals surface area contributed by atoms with Crippen LogP contribution in [-0.4, -0.2) is 102 Å². The monoisotopic (exact) mass is 501 g/mol. The van der Waals surface area contributed by atoms with Gasteiger partial charge in [0, 0.05) is 52.6 Å². The van der Waals surface area contributed by atoms with E-state index < -0.39 is 0 Å². The highest BCUT2D eigenvalue weighted by molar-refractivity contribution is 6.32. The van der Waals surface area contributed by atoms with Gasteiger partial charge in [-0.15, -0.1) is 0 Å². The van der Waals surface area contributed by atoms with Gasteiger partial charge < -0.3 is 29.8 Å². The number of benzene rings is 1. The van der Waals surface area contributed by atoms with Crippen LogP contribution < -0.4 is 10.1 Å². The number of likely N-dealkylation sites (N-methyl/N-ethyl adjacent to an activating group) is 1. The number of carbonyl (C=O) groups is 1. The maximum atomic E-state index is 12.8. The Balaban J connectivity index is 1.68. The van der Waals surface area contributed by atoms with Crippen molar-refractivity contribution in [2.24, 2.45) is 4.99 Å². The number of aromatic hydroxyl groups is 1. The molecule has 0 spiro atoms. The van der Waals surface area contributed by atoms with Gasteiger partial charge in [-0.2, -0.15) is 0 Å². The third kappa shape index (κ3) is 5.99. The maximum Gasteiger partial charge on any atom is 0.236 e. The number of carbonyl (C=O) groups excluding carboxylic acids is 1. The van der Waals surface area contributed by atoms with Gasteiger partial charge in [0.1, 0.15) is 30.1 Å². The number of nitrogens with zero attached hydrogens (tertiary/aromatic N) is 5. The van der Waals surface area contributed by atoms with Crippen LogP contribution in [-0.2, 0) is 9.53 Å². The van der Waals surface area contributed by atoms with Crippen molar-refractivity contribution in [3.05, 3.63) is 35.1 Å². The Hall–Kier alpha value is -3.41. The minimum atomic E-state index is -0.0735. The first-order chi connectivity index (χ1) is 17.0. The second-order valence-electron chi connectivity index (χ2n) is 8.07. The summed E-state index contributed by atoms with van der Waals surface area (Å²) in [5.41, 5.74) is 1.51. The molecule has 0 radical (unpaired) electrons. The van der Waals surface area contributed by atoms with Crippen molar-refractivity contribution in [2.45, 2.75) is 0 Å². The van der Waals surface area contributed by atoms with Crippen molar-refractivity contribution in [3.63, 3.8) is 0 Å². The van der Waals surface area contributed by atoms with Crippen molar-refractivity contribution in [1.29, 1.82) is 0 Å². The Morgan fingerprint density at radius 2 is 2.14 bits per heavy atom. The Morgan fingerprint density at radius 1 is 1.29 bits per heavy atom. The van der Waals surface area contributed by atoms with E-state index in [4.69, 9.17) is 21.1 Å². The molecule has 12 heteroatoms. The first-order valence-corrected chi connectivity index (χ1v) is 11.5. The van der Waals surface area contributed by atoms with E-state index >= 15 is 0 Å². The lowest BCUT2D eigenvalue weighted by Crippen LogP contribution is -2.42. The largest absolute Gasteiger partial charge is 0.494 e. The van der Waals surface area contributed by atoms with Crippen molar-refractivity contribution in [2.75, 3.05) is 65.4 Å². The summed E-state index contributed by atoms with van der Waals surface area (Å²) in [5, 5.41) is 14.8. The molecular formula is C23H28ClN7O4. The van der Waals surface area contributed by atoms with Crippen LogP contribution in [0.2, 0.25) is 5.02 Å². The van der Waals surface area contributed by atoms with Gasteiger partial charge in [-0.05, 0) is 12.1 Å². The Labute approximate surface area is 207 Å². The molecule has 0 atom stereocenters. The third-order valence-corrected chi connectivity index (χ3v) is 5.98. The maximum absolute atomic E-state index is 12.8. The molecule has 0 unspecified atom stereocenters. The second kappa shape index (κ2) is 11.3. The molecule has 0 aliphatic carbocycles. The lowest BCUT2D eigenvalue weighted by Gasteiger charge is -2.25. The Bertz CT molecular complexity index is 1220. The number of aliphatic imine (C=N–C) groups is 1. The van der Waals surface area contributed by atoms with Gasteiger partial charge in [0.15, 0.2) is 5.88 Å². The number of rotatable bonds is 3. The molecule has 0 saturated heterocycles. The lowest BCUT2D eigenvalue weighted by atomic mass is 10.2. The van der Waals surface area contributed by atoms with Crippen molar-refractivity contribution < 1.29 is 19.4 Å². The highest BCUT2D eigenvalue weighted by Gasteiger charge is 2.18. The van der Waals surface area contributed by atoms with E-state index in [9.17, 15) is 9.90 Å². The standard InChI is InChI=1S/C23H28ClN7O4/c1-30-6-5-25-21-20-16(23(33)29-22(20)28-14-27-21)12-26-15-3-4-17(24)18(11-15)35-10-8-31(7-9-34-2)13-19(30)32/h3-4,11-12,14,33H,5-10,13H2,1-2H3,(H2,25,27,28,29). The van der Waals surface area contributed by atoms with E-state index in [-0.39, 0.29) is 18.3 Å². The Morgan fingerprint density at radius 3 is 2.97 bits per heavy atom. The van der Waals surface area contributed by atoms with E-state index in [0.29, 0.717) is 78.3 Å². The van der Waals surface area contributed by atoms with E-state index in [2.05, 4.69) is 25.3 Å². The number of halogens is 1. The van der Waals surface area contributed by atoms with Gasteiger partial charge >= 0.3 is 0 Å². The first-order valence-electron chi connectivity index (χ1n) is 11.2. The number of ether oxygens (including phenoxy) is 2. The van der Waals surface area contributed by atoms with Gasteiger partial charge in [-0.3, -0.25) is 14.7 Å². The smallest absolute Gasteiger partial charge is 0.236 e. The molecule has 1 amide bonds. The van der Waals surface area contributed by atoms with E-state index in [1.807, 2.05) is 4.90 Å². The van der Waals surface area contributed by atoms with Crippen molar-refractivity contribution in [1.82, 2.24) is 24.8 Å². The fourth-order valence-corrected chi connectivity index (χ4v) is 3.84. The zero-order valence-corrected chi connectivity index (χ0v) is 20.4. The fraction of sp³-hybridized carbons (Fsp3) is 0.391. The zero-order valence-electron chi connectivity index (χ0n) is 19.6. The molecule has 186 valence electrons. The summed E-state index contributed by atoms with van der Waals surface area (Å²) in [7, 11) is 3.39. The number of amides is 1. The van der Waals surface area contributed by atoms with Gasteiger partial charge in [-0.25, -0.2) is 9.97 Å². The predicted octanol–water partition coefficient (Wildman–Crippen LogP) is 2.28. The molecule has 1 aliphatic rings. The molecule has 2 aromatic heterocycles. The molecule has 11 nitrogen and oxygen atoms in total. The summed E-state index contributed by atoms with van der Waals surface area (Å²) in [6.07, 6.45) is 2.94. The van der Waals surface area contributed by atoms with Gasteiger partial charge in [0.2, 0.25) is 5.91 Å². The highest BCUT2D eigenvalue weighted by Crippen LogP contribution is 2.32. The first kappa shape index (κ1) is 24.7. The van der Waals surface area contributed by atoms with Crippen LogP contribution in [0.4, 0.5) is 11.5 Å². The van der Waals surface area contributed by atoms with Gasteiger partial charge in [0.25, 0.3) is 0 Å².